The van der Waals surface area contributed by atoms with Gasteiger partial charge in [0.1, 0.15) is 11.5 Å². The molecule has 0 spiro atoms. The second kappa shape index (κ2) is 8.17. The zero-order valence-electron chi connectivity index (χ0n) is 12.6. The van der Waals surface area contributed by atoms with E-state index in [1.54, 1.807) is 14.2 Å². The van der Waals surface area contributed by atoms with Crippen molar-refractivity contribution in [3.63, 3.8) is 0 Å². The zero-order valence-corrected chi connectivity index (χ0v) is 12.6. The number of anilines is 1. The fourth-order valence-electron chi connectivity index (χ4n) is 1.98. The largest absolute Gasteiger partial charge is 0.497 e. The van der Waals surface area contributed by atoms with Crippen LogP contribution in [0.15, 0.2) is 48.5 Å². The lowest BCUT2D eigenvalue weighted by molar-refractivity contribution is 0.414. The average molecular weight is 286 g/mol. The van der Waals surface area contributed by atoms with Crippen LogP contribution in [0, 0.1) is 0 Å². The molecule has 0 heterocycles. The van der Waals surface area contributed by atoms with E-state index in [9.17, 15) is 0 Å². The predicted octanol–water partition coefficient (Wildman–Crippen LogP) is 2.91. The van der Waals surface area contributed by atoms with Crippen molar-refractivity contribution >= 4 is 5.69 Å². The minimum atomic E-state index is 0.855. The number of ether oxygens (including phenoxy) is 2. The number of hydrogen-bond acceptors (Lipinski definition) is 4. The molecule has 2 rings (SSSR count). The van der Waals surface area contributed by atoms with Crippen molar-refractivity contribution < 1.29 is 9.47 Å². The predicted molar refractivity (Wildman–Crippen MR) is 86.2 cm³/mol. The SMILES string of the molecule is COc1ccc(CNCCNc2ccc(OC)cc2)cc1. The molecule has 0 aliphatic heterocycles. The Morgan fingerprint density at radius 1 is 0.762 bits per heavy atom. The standard InChI is InChI=1S/C17H22N2O2/c1-20-16-7-3-14(4-8-16)13-18-11-12-19-15-5-9-17(21-2)10-6-15/h3-10,18-19H,11-13H2,1-2H3. The van der Waals surface area contributed by atoms with Crippen molar-refractivity contribution in [2.45, 2.75) is 6.54 Å². The van der Waals surface area contributed by atoms with E-state index in [0.29, 0.717) is 0 Å². The minimum absolute atomic E-state index is 0.855. The summed E-state index contributed by atoms with van der Waals surface area (Å²) >= 11 is 0. The topological polar surface area (TPSA) is 42.5 Å². The molecule has 0 amide bonds. The Labute approximate surface area is 126 Å². The van der Waals surface area contributed by atoms with E-state index in [0.717, 1.165) is 36.8 Å². The van der Waals surface area contributed by atoms with Gasteiger partial charge in [-0.3, -0.25) is 0 Å². The van der Waals surface area contributed by atoms with Crippen LogP contribution < -0.4 is 20.1 Å². The number of rotatable bonds is 8. The van der Waals surface area contributed by atoms with Crippen LogP contribution in [0.4, 0.5) is 5.69 Å². The van der Waals surface area contributed by atoms with Crippen LogP contribution in [0.2, 0.25) is 0 Å². The van der Waals surface area contributed by atoms with Gasteiger partial charge in [-0.05, 0) is 42.0 Å². The second-order valence-electron chi connectivity index (χ2n) is 4.68. The van der Waals surface area contributed by atoms with E-state index in [1.807, 2.05) is 36.4 Å². The van der Waals surface area contributed by atoms with Crippen molar-refractivity contribution in [3.05, 3.63) is 54.1 Å². The fraction of sp³-hybridized carbons (Fsp3) is 0.294. The highest BCUT2D eigenvalue weighted by molar-refractivity contribution is 5.46. The van der Waals surface area contributed by atoms with Crippen molar-refractivity contribution in [3.8, 4) is 11.5 Å². The van der Waals surface area contributed by atoms with E-state index in [1.165, 1.54) is 5.56 Å². The van der Waals surface area contributed by atoms with Gasteiger partial charge in [0.15, 0.2) is 0 Å². The Balaban J connectivity index is 1.64. The van der Waals surface area contributed by atoms with Crippen LogP contribution in [0.1, 0.15) is 5.56 Å². The molecule has 0 atom stereocenters. The number of benzene rings is 2. The first-order valence-electron chi connectivity index (χ1n) is 7.03. The maximum atomic E-state index is 5.14. The van der Waals surface area contributed by atoms with Crippen molar-refractivity contribution in [1.29, 1.82) is 0 Å². The van der Waals surface area contributed by atoms with E-state index in [-0.39, 0.29) is 0 Å². The molecular weight excluding hydrogens is 264 g/mol. The Morgan fingerprint density at radius 2 is 1.33 bits per heavy atom. The molecule has 0 saturated carbocycles. The van der Waals surface area contributed by atoms with Gasteiger partial charge in [-0.15, -0.1) is 0 Å². The molecule has 0 bridgehead atoms. The highest BCUT2D eigenvalue weighted by atomic mass is 16.5. The zero-order chi connectivity index (χ0) is 14.9. The molecule has 2 aromatic rings. The molecule has 4 heteroatoms. The summed E-state index contributed by atoms with van der Waals surface area (Å²) in [5.41, 5.74) is 2.35. The Morgan fingerprint density at radius 3 is 1.90 bits per heavy atom. The summed E-state index contributed by atoms with van der Waals surface area (Å²) in [4.78, 5) is 0. The van der Waals surface area contributed by atoms with E-state index < -0.39 is 0 Å². The third-order valence-electron chi connectivity index (χ3n) is 3.21. The Hall–Kier alpha value is -2.20. The number of hydrogen-bond donors (Lipinski definition) is 2. The van der Waals surface area contributed by atoms with Gasteiger partial charge >= 0.3 is 0 Å². The molecule has 21 heavy (non-hydrogen) atoms. The summed E-state index contributed by atoms with van der Waals surface area (Å²) < 4.78 is 10.3. The summed E-state index contributed by atoms with van der Waals surface area (Å²) in [6.07, 6.45) is 0. The van der Waals surface area contributed by atoms with E-state index in [4.69, 9.17) is 9.47 Å². The smallest absolute Gasteiger partial charge is 0.119 e. The molecule has 0 fully saturated rings. The molecule has 2 N–H and O–H groups in total. The fourth-order valence-corrected chi connectivity index (χ4v) is 1.98. The normalized spacial score (nSPS) is 10.2. The summed E-state index contributed by atoms with van der Waals surface area (Å²) in [6.45, 7) is 2.63. The van der Waals surface area contributed by atoms with Crippen LogP contribution in [0.3, 0.4) is 0 Å². The van der Waals surface area contributed by atoms with Crippen LogP contribution in [0.25, 0.3) is 0 Å². The molecule has 0 saturated heterocycles. The lowest BCUT2D eigenvalue weighted by Gasteiger charge is -2.09. The third-order valence-corrected chi connectivity index (χ3v) is 3.21. The van der Waals surface area contributed by atoms with Crippen molar-refractivity contribution in [2.75, 3.05) is 32.6 Å². The van der Waals surface area contributed by atoms with Gasteiger partial charge in [-0.2, -0.15) is 0 Å². The highest BCUT2D eigenvalue weighted by Gasteiger charge is 1.95. The molecule has 0 unspecified atom stereocenters. The van der Waals surface area contributed by atoms with Gasteiger partial charge < -0.3 is 20.1 Å². The van der Waals surface area contributed by atoms with Gasteiger partial charge in [-0.25, -0.2) is 0 Å². The van der Waals surface area contributed by atoms with E-state index in [2.05, 4.69) is 22.8 Å². The highest BCUT2D eigenvalue weighted by Crippen LogP contribution is 2.14. The summed E-state index contributed by atoms with van der Waals surface area (Å²) in [6, 6.07) is 16.0. The first kappa shape index (κ1) is 15.2. The Kier molecular flexibility index (Phi) is 5.91. The van der Waals surface area contributed by atoms with Gasteiger partial charge in [0.05, 0.1) is 14.2 Å². The molecular formula is C17H22N2O2. The van der Waals surface area contributed by atoms with Gasteiger partial charge in [0, 0.05) is 25.3 Å². The Bertz CT molecular complexity index is 474. The van der Waals surface area contributed by atoms with Crippen LogP contribution in [-0.4, -0.2) is 27.3 Å². The molecule has 4 nitrogen and oxygen atoms in total. The van der Waals surface area contributed by atoms with Gasteiger partial charge in [-0.1, -0.05) is 12.1 Å². The minimum Gasteiger partial charge on any atom is -0.497 e. The second-order valence-corrected chi connectivity index (χ2v) is 4.68. The van der Waals surface area contributed by atoms with Crippen LogP contribution in [-0.2, 0) is 6.54 Å². The lowest BCUT2D eigenvalue weighted by Crippen LogP contribution is -2.21. The molecule has 0 aromatic heterocycles. The number of nitrogens with one attached hydrogen (secondary N) is 2. The maximum absolute atomic E-state index is 5.14. The van der Waals surface area contributed by atoms with Gasteiger partial charge in [0.2, 0.25) is 0 Å². The molecule has 0 aliphatic carbocycles. The third kappa shape index (κ3) is 5.00. The van der Waals surface area contributed by atoms with E-state index >= 15 is 0 Å². The number of methoxy groups -OCH3 is 2. The first-order chi connectivity index (χ1) is 10.3. The lowest BCUT2D eigenvalue weighted by atomic mass is 10.2. The van der Waals surface area contributed by atoms with Crippen LogP contribution in [0.5, 0.6) is 11.5 Å². The van der Waals surface area contributed by atoms with Crippen molar-refractivity contribution in [2.24, 2.45) is 0 Å². The quantitative estimate of drug-likeness (QED) is 0.732. The summed E-state index contributed by atoms with van der Waals surface area (Å²) in [5, 5.41) is 6.77. The molecule has 112 valence electrons. The molecule has 2 aromatic carbocycles. The van der Waals surface area contributed by atoms with Crippen LogP contribution >= 0.6 is 0 Å². The molecule has 0 radical (unpaired) electrons. The maximum Gasteiger partial charge on any atom is 0.119 e. The summed E-state index contributed by atoms with van der Waals surface area (Å²) in [7, 11) is 3.35. The summed E-state index contributed by atoms with van der Waals surface area (Å²) in [5.74, 6) is 1.76. The monoisotopic (exact) mass is 286 g/mol. The first-order valence-corrected chi connectivity index (χ1v) is 7.03. The van der Waals surface area contributed by atoms with Crippen molar-refractivity contribution in [1.82, 2.24) is 5.32 Å². The van der Waals surface area contributed by atoms with Gasteiger partial charge in [0.25, 0.3) is 0 Å². The molecule has 0 aliphatic rings. The average Bonchev–Trinajstić information content (AvgIpc) is 2.55.